The summed E-state index contributed by atoms with van der Waals surface area (Å²) in [7, 11) is 0. The zero-order valence-corrected chi connectivity index (χ0v) is 17.0. The van der Waals surface area contributed by atoms with Gasteiger partial charge in [-0.1, -0.05) is 30.3 Å². The molecule has 3 aromatic rings. The standard InChI is InChI=1S/C21H21F3N6O2/c1-13(25)19(31)26-12-14-6-5-9-16(10-14)30-18(11-17(29-30)21(22,23)24)28-20(32)27-15-7-3-2-4-8-15/h2-11,13H,12,25H2,1H3,(H,26,31)(H2,27,28,32). The molecule has 32 heavy (non-hydrogen) atoms. The second kappa shape index (κ2) is 9.52. The third-order valence-corrected chi connectivity index (χ3v) is 4.31. The third-order valence-electron chi connectivity index (χ3n) is 4.31. The minimum Gasteiger partial charge on any atom is -0.351 e. The molecule has 2 aromatic carbocycles. The number of carbonyl (C=O) groups excluding carboxylic acids is 2. The van der Waals surface area contributed by atoms with Crippen molar-refractivity contribution < 1.29 is 22.8 Å². The minimum atomic E-state index is -4.71. The molecule has 5 N–H and O–H groups in total. The predicted molar refractivity (Wildman–Crippen MR) is 113 cm³/mol. The van der Waals surface area contributed by atoms with Crippen LogP contribution in [0.4, 0.5) is 29.5 Å². The van der Waals surface area contributed by atoms with E-state index in [1.807, 2.05) is 0 Å². The van der Waals surface area contributed by atoms with Crippen LogP contribution in [-0.4, -0.2) is 27.8 Å². The van der Waals surface area contributed by atoms with E-state index < -0.39 is 23.9 Å². The van der Waals surface area contributed by atoms with E-state index in [1.54, 1.807) is 48.5 Å². The van der Waals surface area contributed by atoms with Crippen LogP contribution in [0.15, 0.2) is 60.7 Å². The third kappa shape index (κ3) is 5.85. The highest BCUT2D eigenvalue weighted by atomic mass is 19.4. The maximum atomic E-state index is 13.3. The van der Waals surface area contributed by atoms with Gasteiger partial charge in [0, 0.05) is 18.3 Å². The maximum Gasteiger partial charge on any atom is 0.435 e. The van der Waals surface area contributed by atoms with Gasteiger partial charge >= 0.3 is 12.2 Å². The molecule has 0 radical (unpaired) electrons. The molecule has 0 bridgehead atoms. The van der Waals surface area contributed by atoms with Gasteiger partial charge in [-0.05, 0) is 36.8 Å². The number of benzene rings is 2. The monoisotopic (exact) mass is 446 g/mol. The largest absolute Gasteiger partial charge is 0.435 e. The summed E-state index contributed by atoms with van der Waals surface area (Å²) >= 11 is 0. The van der Waals surface area contributed by atoms with Crippen molar-refractivity contribution in [2.45, 2.75) is 25.7 Å². The van der Waals surface area contributed by atoms with E-state index >= 15 is 0 Å². The van der Waals surface area contributed by atoms with Crippen molar-refractivity contribution in [3.05, 3.63) is 71.9 Å². The number of nitrogens with one attached hydrogen (secondary N) is 3. The summed E-state index contributed by atoms with van der Waals surface area (Å²) in [5.41, 5.74) is 5.69. The van der Waals surface area contributed by atoms with Crippen LogP contribution in [0.1, 0.15) is 18.2 Å². The van der Waals surface area contributed by atoms with Gasteiger partial charge in [-0.15, -0.1) is 0 Å². The fraction of sp³-hybridized carbons (Fsp3) is 0.190. The smallest absolute Gasteiger partial charge is 0.351 e. The molecule has 0 fully saturated rings. The van der Waals surface area contributed by atoms with Gasteiger partial charge in [0.25, 0.3) is 0 Å². The first-order valence-corrected chi connectivity index (χ1v) is 9.56. The van der Waals surface area contributed by atoms with Crippen molar-refractivity contribution in [3.63, 3.8) is 0 Å². The summed E-state index contributed by atoms with van der Waals surface area (Å²) in [6, 6.07) is 14.1. The average molecular weight is 446 g/mol. The molecule has 8 nitrogen and oxygen atoms in total. The van der Waals surface area contributed by atoms with Gasteiger partial charge in [-0.3, -0.25) is 10.1 Å². The first-order chi connectivity index (χ1) is 15.1. The lowest BCUT2D eigenvalue weighted by atomic mass is 10.2. The second-order valence-electron chi connectivity index (χ2n) is 6.95. The van der Waals surface area contributed by atoms with Crippen LogP contribution in [0, 0.1) is 0 Å². The lowest BCUT2D eigenvalue weighted by Crippen LogP contribution is -2.37. The van der Waals surface area contributed by atoms with Crippen LogP contribution in [0.3, 0.4) is 0 Å². The van der Waals surface area contributed by atoms with Gasteiger partial charge in [0.15, 0.2) is 5.69 Å². The molecular formula is C21H21F3N6O2. The average Bonchev–Trinajstić information content (AvgIpc) is 3.17. The highest BCUT2D eigenvalue weighted by molar-refractivity contribution is 5.99. The van der Waals surface area contributed by atoms with Crippen molar-refractivity contribution in [1.82, 2.24) is 15.1 Å². The van der Waals surface area contributed by atoms with Crippen LogP contribution in [0.5, 0.6) is 0 Å². The molecule has 0 aliphatic rings. The van der Waals surface area contributed by atoms with Crippen molar-refractivity contribution in [1.29, 1.82) is 0 Å². The summed E-state index contributed by atoms with van der Waals surface area (Å²) in [5.74, 6) is -0.545. The lowest BCUT2D eigenvalue weighted by Gasteiger charge is -2.12. The molecule has 0 aliphatic carbocycles. The van der Waals surface area contributed by atoms with E-state index in [0.29, 0.717) is 11.3 Å². The number of amides is 3. The fourth-order valence-electron chi connectivity index (χ4n) is 2.75. The van der Waals surface area contributed by atoms with Crippen molar-refractivity contribution in [2.75, 3.05) is 10.6 Å². The molecule has 0 saturated heterocycles. The normalized spacial score (nSPS) is 12.2. The Kier molecular flexibility index (Phi) is 6.79. The topological polar surface area (TPSA) is 114 Å². The van der Waals surface area contributed by atoms with E-state index in [1.165, 1.54) is 13.0 Å². The molecule has 168 valence electrons. The number of aromatic nitrogens is 2. The Hall–Kier alpha value is -3.86. The Morgan fingerprint density at radius 2 is 1.78 bits per heavy atom. The van der Waals surface area contributed by atoms with Gasteiger partial charge in [-0.25, -0.2) is 9.48 Å². The summed E-state index contributed by atoms with van der Waals surface area (Å²) in [6.45, 7) is 1.66. The number of rotatable bonds is 6. The Morgan fingerprint density at radius 3 is 2.44 bits per heavy atom. The highest BCUT2D eigenvalue weighted by Crippen LogP contribution is 2.31. The molecule has 1 unspecified atom stereocenters. The first-order valence-electron chi connectivity index (χ1n) is 9.56. The number of nitrogens with zero attached hydrogens (tertiary/aromatic N) is 2. The number of carbonyl (C=O) groups is 2. The van der Waals surface area contributed by atoms with Gasteiger partial charge in [-0.2, -0.15) is 18.3 Å². The number of halogens is 3. The number of urea groups is 1. The summed E-state index contributed by atoms with van der Waals surface area (Å²) in [4.78, 5) is 24.0. The van der Waals surface area contributed by atoms with Gasteiger partial charge in [0.1, 0.15) is 5.82 Å². The minimum absolute atomic E-state index is 0.124. The summed E-state index contributed by atoms with van der Waals surface area (Å²) in [6.07, 6.45) is -4.71. The first kappa shape index (κ1) is 22.8. The number of hydrogen-bond donors (Lipinski definition) is 4. The van der Waals surface area contributed by atoms with Crippen LogP contribution in [-0.2, 0) is 17.5 Å². The lowest BCUT2D eigenvalue weighted by molar-refractivity contribution is -0.141. The van der Waals surface area contributed by atoms with Gasteiger partial charge in [0.05, 0.1) is 11.7 Å². The fourth-order valence-corrected chi connectivity index (χ4v) is 2.75. The van der Waals surface area contributed by atoms with E-state index in [9.17, 15) is 22.8 Å². The van der Waals surface area contributed by atoms with Gasteiger partial charge in [0.2, 0.25) is 5.91 Å². The molecule has 0 spiro atoms. The molecule has 0 saturated carbocycles. The molecule has 3 amide bonds. The predicted octanol–water partition coefficient (Wildman–Crippen LogP) is 3.50. The Balaban J connectivity index is 1.87. The molecule has 1 aromatic heterocycles. The molecule has 1 atom stereocenters. The molecular weight excluding hydrogens is 425 g/mol. The maximum absolute atomic E-state index is 13.3. The molecule has 3 rings (SSSR count). The van der Waals surface area contributed by atoms with E-state index in [2.05, 4.69) is 21.0 Å². The van der Waals surface area contributed by atoms with Crippen LogP contribution in [0.25, 0.3) is 5.69 Å². The number of para-hydroxylation sites is 1. The Labute approximate surface area is 181 Å². The van der Waals surface area contributed by atoms with Crippen molar-refractivity contribution in [3.8, 4) is 5.69 Å². The SMILES string of the molecule is CC(N)C(=O)NCc1cccc(-n2nc(C(F)(F)F)cc2NC(=O)Nc2ccccc2)c1. The molecule has 1 heterocycles. The van der Waals surface area contributed by atoms with E-state index in [-0.39, 0.29) is 24.0 Å². The quantitative estimate of drug-likeness (QED) is 0.464. The van der Waals surface area contributed by atoms with E-state index in [4.69, 9.17) is 5.73 Å². The number of alkyl halides is 3. The van der Waals surface area contributed by atoms with E-state index in [0.717, 1.165) is 10.7 Å². The zero-order chi connectivity index (χ0) is 23.3. The number of anilines is 2. The van der Waals surface area contributed by atoms with Crippen LogP contribution >= 0.6 is 0 Å². The Morgan fingerprint density at radius 1 is 1.06 bits per heavy atom. The van der Waals surface area contributed by atoms with Crippen molar-refractivity contribution >= 4 is 23.4 Å². The van der Waals surface area contributed by atoms with Crippen LogP contribution < -0.4 is 21.7 Å². The summed E-state index contributed by atoms with van der Waals surface area (Å²) in [5, 5.41) is 11.2. The summed E-state index contributed by atoms with van der Waals surface area (Å²) < 4.78 is 40.8. The van der Waals surface area contributed by atoms with Crippen molar-refractivity contribution in [2.24, 2.45) is 5.73 Å². The number of hydrogen-bond acceptors (Lipinski definition) is 4. The second-order valence-corrected chi connectivity index (χ2v) is 6.95. The molecule has 0 aliphatic heterocycles. The Bertz CT molecular complexity index is 1100. The highest BCUT2D eigenvalue weighted by Gasteiger charge is 2.35. The zero-order valence-electron chi connectivity index (χ0n) is 17.0. The molecule has 11 heteroatoms. The van der Waals surface area contributed by atoms with Crippen LogP contribution in [0.2, 0.25) is 0 Å². The van der Waals surface area contributed by atoms with Gasteiger partial charge < -0.3 is 16.4 Å². The number of nitrogens with two attached hydrogens (primary N) is 1.